The van der Waals surface area contributed by atoms with Crippen molar-refractivity contribution < 1.29 is 9.53 Å². The zero-order chi connectivity index (χ0) is 19.2. The Morgan fingerprint density at radius 2 is 1.96 bits per heavy atom. The number of rotatable bonds is 3. The van der Waals surface area contributed by atoms with Crippen LogP contribution < -0.4 is 16.6 Å². The Balaban J connectivity index is 2.33. The molecule has 1 unspecified atom stereocenters. The van der Waals surface area contributed by atoms with Crippen LogP contribution in [0.1, 0.15) is 37.1 Å². The SMILES string of the molecule is CC1=C(C(=O)OC(C)C)C(c2cccs2)c2c(n(C)c(=O)n(C)c2=O)N1. The normalized spacial score (nSPS) is 16.5. The van der Waals surface area contributed by atoms with Crippen molar-refractivity contribution in [1.29, 1.82) is 0 Å². The number of ether oxygens (including phenoxy) is 1. The Morgan fingerprint density at radius 3 is 2.54 bits per heavy atom. The highest BCUT2D eigenvalue weighted by Gasteiger charge is 2.38. The standard InChI is InChI=1S/C18H21N3O4S/c1-9(2)25-17(23)12-10(3)19-15-14(13(12)11-7-6-8-26-11)16(22)21(5)18(24)20(15)4/h6-9,13,19H,1-5H3. The number of allylic oxidation sites excluding steroid dienone is 1. The maximum Gasteiger partial charge on any atom is 0.337 e. The first-order valence-corrected chi connectivity index (χ1v) is 9.14. The highest BCUT2D eigenvalue weighted by Crippen LogP contribution is 2.41. The van der Waals surface area contributed by atoms with Crippen LogP contribution >= 0.6 is 11.3 Å². The number of nitrogens with zero attached hydrogens (tertiary/aromatic N) is 2. The molecule has 1 aliphatic heterocycles. The van der Waals surface area contributed by atoms with Gasteiger partial charge < -0.3 is 10.1 Å². The van der Waals surface area contributed by atoms with Gasteiger partial charge >= 0.3 is 11.7 Å². The third-order valence-electron chi connectivity index (χ3n) is 4.38. The molecule has 0 spiro atoms. The predicted octanol–water partition coefficient (Wildman–Crippen LogP) is 1.93. The van der Waals surface area contributed by atoms with Crippen molar-refractivity contribution in [3.8, 4) is 0 Å². The van der Waals surface area contributed by atoms with Gasteiger partial charge in [-0.15, -0.1) is 11.3 Å². The molecule has 0 aliphatic carbocycles. The third-order valence-corrected chi connectivity index (χ3v) is 5.31. The molecular formula is C18H21N3O4S. The number of esters is 1. The van der Waals surface area contributed by atoms with E-state index in [-0.39, 0.29) is 6.10 Å². The lowest BCUT2D eigenvalue weighted by Gasteiger charge is -2.30. The largest absolute Gasteiger partial charge is 0.460 e. The Morgan fingerprint density at radius 1 is 1.27 bits per heavy atom. The lowest BCUT2D eigenvalue weighted by atomic mass is 9.86. The van der Waals surface area contributed by atoms with E-state index in [9.17, 15) is 14.4 Å². The van der Waals surface area contributed by atoms with Gasteiger partial charge in [0.15, 0.2) is 0 Å². The number of carbonyl (C=O) groups is 1. The fraction of sp³-hybridized carbons (Fsp3) is 0.389. The summed E-state index contributed by atoms with van der Waals surface area (Å²) in [6.45, 7) is 5.31. The highest BCUT2D eigenvalue weighted by molar-refractivity contribution is 7.10. The molecule has 2 aromatic heterocycles. The van der Waals surface area contributed by atoms with Crippen molar-refractivity contribution in [2.45, 2.75) is 32.8 Å². The molecule has 8 heteroatoms. The van der Waals surface area contributed by atoms with Crippen molar-refractivity contribution >= 4 is 23.1 Å². The predicted molar refractivity (Wildman–Crippen MR) is 101 cm³/mol. The average molecular weight is 375 g/mol. The lowest BCUT2D eigenvalue weighted by molar-refractivity contribution is -0.142. The van der Waals surface area contributed by atoms with Gasteiger partial charge in [-0.2, -0.15) is 0 Å². The van der Waals surface area contributed by atoms with Crippen LogP contribution in [0.4, 0.5) is 5.82 Å². The van der Waals surface area contributed by atoms with Crippen molar-refractivity contribution in [3.05, 3.63) is 60.1 Å². The van der Waals surface area contributed by atoms with Crippen LogP contribution in [0.2, 0.25) is 0 Å². The molecule has 0 saturated carbocycles. The third kappa shape index (κ3) is 2.80. The molecule has 7 nitrogen and oxygen atoms in total. The first-order valence-electron chi connectivity index (χ1n) is 8.26. The molecule has 3 rings (SSSR count). The molecule has 3 heterocycles. The lowest BCUT2D eigenvalue weighted by Crippen LogP contribution is -2.43. The molecule has 0 bridgehead atoms. The molecule has 0 aromatic carbocycles. The second-order valence-electron chi connectivity index (χ2n) is 6.53. The van der Waals surface area contributed by atoms with Gasteiger partial charge in [-0.3, -0.25) is 13.9 Å². The molecule has 2 aromatic rings. The summed E-state index contributed by atoms with van der Waals surface area (Å²) in [6, 6.07) is 3.75. The van der Waals surface area contributed by atoms with E-state index in [1.807, 2.05) is 17.5 Å². The van der Waals surface area contributed by atoms with Crippen LogP contribution in [0.3, 0.4) is 0 Å². The summed E-state index contributed by atoms with van der Waals surface area (Å²) >= 11 is 1.45. The maximum absolute atomic E-state index is 12.9. The van der Waals surface area contributed by atoms with Crippen molar-refractivity contribution in [2.24, 2.45) is 14.1 Å². The zero-order valence-electron chi connectivity index (χ0n) is 15.3. The highest BCUT2D eigenvalue weighted by atomic mass is 32.1. The minimum Gasteiger partial charge on any atom is -0.460 e. The molecule has 0 fully saturated rings. The first kappa shape index (κ1) is 18.2. The summed E-state index contributed by atoms with van der Waals surface area (Å²) < 4.78 is 7.87. The number of thiophene rings is 1. The quantitative estimate of drug-likeness (QED) is 0.829. The molecule has 26 heavy (non-hydrogen) atoms. The van der Waals surface area contributed by atoms with Crippen LogP contribution in [0.15, 0.2) is 38.4 Å². The second kappa shape index (κ2) is 6.60. The molecular weight excluding hydrogens is 354 g/mol. The summed E-state index contributed by atoms with van der Waals surface area (Å²) in [4.78, 5) is 38.9. The van der Waals surface area contributed by atoms with E-state index in [1.54, 1.807) is 27.8 Å². The second-order valence-corrected chi connectivity index (χ2v) is 7.51. The Kier molecular flexibility index (Phi) is 4.62. The van der Waals surface area contributed by atoms with Gasteiger partial charge in [0, 0.05) is 24.7 Å². The number of nitrogens with one attached hydrogen (secondary N) is 1. The zero-order valence-corrected chi connectivity index (χ0v) is 16.1. The monoisotopic (exact) mass is 375 g/mol. The van der Waals surface area contributed by atoms with Crippen LogP contribution in [-0.4, -0.2) is 21.2 Å². The van der Waals surface area contributed by atoms with E-state index < -0.39 is 23.1 Å². The summed E-state index contributed by atoms with van der Waals surface area (Å²) in [5.41, 5.74) is 0.496. The number of hydrogen-bond acceptors (Lipinski definition) is 6. The molecule has 1 atom stereocenters. The number of carbonyl (C=O) groups excluding carboxylic acids is 1. The van der Waals surface area contributed by atoms with Crippen molar-refractivity contribution in [3.63, 3.8) is 0 Å². The summed E-state index contributed by atoms with van der Waals surface area (Å²) in [5, 5.41) is 4.96. The fourth-order valence-corrected chi connectivity index (χ4v) is 4.02. The molecule has 0 radical (unpaired) electrons. The number of fused-ring (bicyclic) bond motifs is 1. The number of aromatic nitrogens is 2. The van der Waals surface area contributed by atoms with E-state index in [0.717, 1.165) is 9.44 Å². The van der Waals surface area contributed by atoms with Gasteiger partial charge in [-0.25, -0.2) is 9.59 Å². The van der Waals surface area contributed by atoms with Gasteiger partial charge in [0.1, 0.15) is 5.82 Å². The van der Waals surface area contributed by atoms with Crippen LogP contribution in [0, 0.1) is 0 Å². The maximum atomic E-state index is 12.9. The van der Waals surface area contributed by atoms with Crippen LogP contribution in [0.25, 0.3) is 0 Å². The van der Waals surface area contributed by atoms with Crippen molar-refractivity contribution in [2.75, 3.05) is 5.32 Å². The van der Waals surface area contributed by atoms with E-state index in [4.69, 9.17) is 4.74 Å². The topological polar surface area (TPSA) is 82.3 Å². The van der Waals surface area contributed by atoms with E-state index in [0.29, 0.717) is 22.7 Å². The fourth-order valence-electron chi connectivity index (χ4n) is 3.18. The Bertz CT molecular complexity index is 1010. The van der Waals surface area contributed by atoms with E-state index in [1.165, 1.54) is 23.0 Å². The first-order chi connectivity index (χ1) is 12.2. The average Bonchev–Trinajstić information content (AvgIpc) is 3.10. The van der Waals surface area contributed by atoms with Gasteiger partial charge in [0.05, 0.1) is 23.2 Å². The number of hydrogen-bond donors (Lipinski definition) is 1. The van der Waals surface area contributed by atoms with E-state index in [2.05, 4.69) is 5.32 Å². The molecule has 0 amide bonds. The molecule has 1 N–H and O–H groups in total. The van der Waals surface area contributed by atoms with Crippen LogP contribution in [-0.2, 0) is 23.6 Å². The summed E-state index contributed by atoms with van der Waals surface area (Å²) in [6.07, 6.45) is -0.281. The minimum atomic E-state index is -0.581. The molecule has 138 valence electrons. The molecule has 0 saturated heterocycles. The Hall–Kier alpha value is -2.61. The van der Waals surface area contributed by atoms with Crippen molar-refractivity contribution in [1.82, 2.24) is 9.13 Å². The summed E-state index contributed by atoms with van der Waals surface area (Å²) in [7, 11) is 3.04. The van der Waals surface area contributed by atoms with Gasteiger partial charge in [-0.1, -0.05) is 6.07 Å². The summed E-state index contributed by atoms with van der Waals surface area (Å²) in [5.74, 6) is -0.636. The smallest absolute Gasteiger partial charge is 0.337 e. The van der Waals surface area contributed by atoms with Gasteiger partial charge in [0.2, 0.25) is 0 Å². The minimum absolute atomic E-state index is 0.281. The number of anilines is 1. The van der Waals surface area contributed by atoms with Crippen LogP contribution in [0.5, 0.6) is 0 Å². The van der Waals surface area contributed by atoms with Gasteiger partial charge in [0.25, 0.3) is 5.56 Å². The Labute approximate surface area is 154 Å². The van der Waals surface area contributed by atoms with E-state index >= 15 is 0 Å². The van der Waals surface area contributed by atoms with Gasteiger partial charge in [-0.05, 0) is 32.2 Å². The molecule has 1 aliphatic rings.